The average Bonchev–Trinajstić information content (AvgIpc) is 3.34. The van der Waals surface area contributed by atoms with Gasteiger partial charge in [-0.15, -0.1) is 11.3 Å². The van der Waals surface area contributed by atoms with Crippen LogP contribution in [-0.4, -0.2) is 27.2 Å². The van der Waals surface area contributed by atoms with Crippen molar-refractivity contribution in [2.45, 2.75) is 13.3 Å². The molecule has 158 valence electrons. The highest BCUT2D eigenvalue weighted by Crippen LogP contribution is 2.25. The molecule has 0 unspecified atom stereocenters. The maximum atomic E-state index is 14.2. The summed E-state index contributed by atoms with van der Waals surface area (Å²) in [5, 5.41) is 10.1. The fourth-order valence-corrected chi connectivity index (χ4v) is 3.91. The number of carbonyl (C=O) groups excluding carboxylic acids is 1. The molecule has 4 rings (SSSR count). The average molecular weight is 439 g/mol. The van der Waals surface area contributed by atoms with Crippen molar-refractivity contribution < 1.29 is 13.6 Å². The van der Waals surface area contributed by atoms with E-state index in [1.807, 2.05) is 36.6 Å². The molecular formula is C23H20F2N4OS. The van der Waals surface area contributed by atoms with Gasteiger partial charge in [0.2, 0.25) is 0 Å². The third-order valence-electron chi connectivity index (χ3n) is 4.83. The summed E-state index contributed by atoms with van der Waals surface area (Å²) in [6, 6.07) is 11.3. The van der Waals surface area contributed by atoms with E-state index in [-0.39, 0.29) is 22.7 Å². The van der Waals surface area contributed by atoms with Crippen molar-refractivity contribution in [3.05, 3.63) is 81.8 Å². The molecule has 0 aliphatic carbocycles. The summed E-state index contributed by atoms with van der Waals surface area (Å²) in [7, 11) is 1.65. The normalized spacial score (nSPS) is 11.0. The van der Waals surface area contributed by atoms with Crippen LogP contribution >= 0.6 is 11.3 Å². The largest absolute Gasteiger partial charge is 0.352 e. The number of rotatable bonds is 6. The minimum Gasteiger partial charge on any atom is -0.352 e. The molecule has 5 nitrogen and oxygen atoms in total. The van der Waals surface area contributed by atoms with Crippen LogP contribution in [0.4, 0.5) is 8.78 Å². The third kappa shape index (κ3) is 4.69. The monoisotopic (exact) mass is 438 g/mol. The fraction of sp³-hybridized carbons (Fsp3) is 0.174. The second kappa shape index (κ2) is 8.77. The van der Waals surface area contributed by atoms with E-state index in [1.54, 1.807) is 18.4 Å². The minimum absolute atomic E-state index is 0.0833. The lowest BCUT2D eigenvalue weighted by Gasteiger charge is -2.07. The lowest BCUT2D eigenvalue weighted by atomic mass is 10.1. The van der Waals surface area contributed by atoms with Crippen molar-refractivity contribution in [1.29, 1.82) is 0 Å². The van der Waals surface area contributed by atoms with Gasteiger partial charge >= 0.3 is 0 Å². The van der Waals surface area contributed by atoms with Gasteiger partial charge in [0.1, 0.15) is 17.3 Å². The Morgan fingerprint density at radius 1 is 1.16 bits per heavy atom. The molecule has 31 heavy (non-hydrogen) atoms. The Bertz CT molecular complexity index is 1230. The van der Waals surface area contributed by atoms with E-state index >= 15 is 0 Å². The lowest BCUT2D eigenvalue weighted by molar-refractivity contribution is 0.0954. The molecule has 0 spiro atoms. The Morgan fingerprint density at radius 3 is 2.61 bits per heavy atom. The van der Waals surface area contributed by atoms with Crippen molar-refractivity contribution in [1.82, 2.24) is 20.1 Å². The molecule has 1 N–H and O–H groups in total. The maximum Gasteiger partial charge on any atom is 0.255 e. The van der Waals surface area contributed by atoms with Crippen LogP contribution in [0.5, 0.6) is 0 Å². The predicted molar refractivity (Wildman–Crippen MR) is 117 cm³/mol. The van der Waals surface area contributed by atoms with Crippen molar-refractivity contribution in [3.63, 3.8) is 0 Å². The zero-order valence-corrected chi connectivity index (χ0v) is 17.8. The number of amides is 1. The third-order valence-corrected chi connectivity index (χ3v) is 5.60. The summed E-state index contributed by atoms with van der Waals surface area (Å²) < 4.78 is 28.9. The zero-order chi connectivity index (χ0) is 22.0. The Morgan fingerprint density at radius 2 is 1.94 bits per heavy atom. The van der Waals surface area contributed by atoms with Crippen LogP contribution in [0.2, 0.25) is 0 Å². The zero-order valence-electron chi connectivity index (χ0n) is 17.0. The first-order chi connectivity index (χ1) is 14.9. The number of carbonyl (C=O) groups is 1. The number of benzene rings is 2. The number of hydrogen-bond donors (Lipinski definition) is 1. The van der Waals surface area contributed by atoms with Crippen molar-refractivity contribution in [2.75, 3.05) is 6.54 Å². The van der Waals surface area contributed by atoms with Gasteiger partial charge in [0.05, 0.1) is 16.3 Å². The Kier molecular flexibility index (Phi) is 5.90. The molecule has 2 aromatic carbocycles. The van der Waals surface area contributed by atoms with Gasteiger partial charge in [-0.2, -0.15) is 5.10 Å². The van der Waals surface area contributed by atoms with Crippen molar-refractivity contribution in [3.8, 4) is 22.5 Å². The van der Waals surface area contributed by atoms with Crippen LogP contribution in [0.25, 0.3) is 22.5 Å². The van der Waals surface area contributed by atoms with Crippen molar-refractivity contribution >= 4 is 17.2 Å². The molecule has 8 heteroatoms. The van der Waals surface area contributed by atoms with Gasteiger partial charge in [-0.05, 0) is 31.0 Å². The molecular weight excluding hydrogens is 418 g/mol. The van der Waals surface area contributed by atoms with Crippen LogP contribution in [0.1, 0.15) is 20.9 Å². The highest BCUT2D eigenvalue weighted by atomic mass is 32.1. The number of hydrogen-bond acceptors (Lipinski definition) is 4. The van der Waals surface area contributed by atoms with Gasteiger partial charge in [-0.1, -0.05) is 24.3 Å². The number of nitrogens with one attached hydrogen (secondary N) is 1. The van der Waals surface area contributed by atoms with E-state index < -0.39 is 11.6 Å². The Labute approximate surface area is 182 Å². The first-order valence-corrected chi connectivity index (χ1v) is 10.6. The van der Waals surface area contributed by atoms with E-state index in [1.165, 1.54) is 16.9 Å². The molecule has 2 heterocycles. The van der Waals surface area contributed by atoms with Crippen molar-refractivity contribution in [2.24, 2.45) is 7.05 Å². The van der Waals surface area contributed by atoms with Crippen LogP contribution in [-0.2, 0) is 13.5 Å². The molecule has 0 radical (unpaired) electrons. The summed E-state index contributed by atoms with van der Waals surface area (Å²) in [6.45, 7) is 2.39. The summed E-state index contributed by atoms with van der Waals surface area (Å²) in [5.74, 6) is -1.80. The molecule has 2 aromatic heterocycles. The first kappa shape index (κ1) is 20.9. The van der Waals surface area contributed by atoms with Crippen LogP contribution in [0.3, 0.4) is 0 Å². The Hall–Kier alpha value is -3.39. The molecule has 0 fully saturated rings. The number of thiazole rings is 1. The molecule has 0 aliphatic rings. The van der Waals surface area contributed by atoms with Crippen LogP contribution < -0.4 is 5.32 Å². The number of nitrogens with zero attached hydrogens (tertiary/aromatic N) is 3. The summed E-state index contributed by atoms with van der Waals surface area (Å²) in [6.07, 6.45) is 2.17. The van der Waals surface area contributed by atoms with Crippen LogP contribution in [0, 0.1) is 18.6 Å². The quantitative estimate of drug-likeness (QED) is 0.472. The standard InChI is InChI=1S/C23H20F2N4OS/c1-14-27-21(13-31-14)16-5-3-15(4-6-16)9-10-26-23(30)19-12-29(2)28-22(19)18-8-7-17(24)11-20(18)25/h3-8,11-13H,9-10H2,1-2H3,(H,26,30). The minimum atomic E-state index is -0.761. The highest BCUT2D eigenvalue weighted by Gasteiger charge is 2.19. The molecule has 1 amide bonds. The van der Waals surface area contributed by atoms with Gasteiger partial charge in [0.25, 0.3) is 5.91 Å². The van der Waals surface area contributed by atoms with E-state index in [9.17, 15) is 13.6 Å². The van der Waals surface area contributed by atoms with E-state index in [2.05, 4.69) is 15.4 Å². The number of aryl methyl sites for hydroxylation is 2. The van der Waals surface area contributed by atoms with Gasteiger partial charge in [0, 0.05) is 42.4 Å². The molecule has 0 saturated heterocycles. The van der Waals surface area contributed by atoms with Crippen LogP contribution in [0.15, 0.2) is 54.0 Å². The number of aromatic nitrogens is 3. The van der Waals surface area contributed by atoms with Gasteiger partial charge in [0.15, 0.2) is 0 Å². The first-order valence-electron chi connectivity index (χ1n) is 9.69. The van der Waals surface area contributed by atoms with Gasteiger partial charge in [-0.25, -0.2) is 13.8 Å². The summed E-state index contributed by atoms with van der Waals surface area (Å²) in [5.41, 5.74) is 3.59. The molecule has 0 bridgehead atoms. The maximum absolute atomic E-state index is 14.2. The topological polar surface area (TPSA) is 59.8 Å². The lowest BCUT2D eigenvalue weighted by Crippen LogP contribution is -2.26. The Balaban J connectivity index is 1.41. The predicted octanol–water partition coefficient (Wildman–Crippen LogP) is 4.77. The summed E-state index contributed by atoms with van der Waals surface area (Å²) >= 11 is 1.61. The molecule has 0 atom stereocenters. The fourth-order valence-electron chi connectivity index (χ4n) is 3.29. The van der Waals surface area contributed by atoms with Gasteiger partial charge in [-0.3, -0.25) is 9.48 Å². The second-order valence-corrected chi connectivity index (χ2v) is 8.21. The van der Waals surface area contributed by atoms with E-state index in [0.717, 1.165) is 34.0 Å². The summed E-state index contributed by atoms with van der Waals surface area (Å²) in [4.78, 5) is 17.2. The second-order valence-electron chi connectivity index (χ2n) is 7.14. The molecule has 4 aromatic rings. The number of halogens is 2. The van der Waals surface area contributed by atoms with E-state index in [0.29, 0.717) is 13.0 Å². The molecule has 0 aliphatic heterocycles. The SMILES string of the molecule is Cc1nc(-c2ccc(CCNC(=O)c3cn(C)nc3-c3ccc(F)cc3F)cc2)cs1. The smallest absolute Gasteiger partial charge is 0.255 e. The van der Waals surface area contributed by atoms with Gasteiger partial charge < -0.3 is 5.32 Å². The molecule has 0 saturated carbocycles. The highest BCUT2D eigenvalue weighted by molar-refractivity contribution is 7.09. The van der Waals surface area contributed by atoms with E-state index in [4.69, 9.17) is 0 Å².